The minimum absolute atomic E-state index is 0.0151. The molecule has 1 saturated heterocycles. The van der Waals surface area contributed by atoms with E-state index in [1.54, 1.807) is 4.90 Å². The van der Waals surface area contributed by atoms with E-state index in [4.69, 9.17) is 4.74 Å². The maximum absolute atomic E-state index is 13.1. The van der Waals surface area contributed by atoms with Gasteiger partial charge in [0.25, 0.3) is 0 Å². The maximum atomic E-state index is 13.1. The topological polar surface area (TPSA) is 95.9 Å². The Kier molecular flexibility index (Phi) is 7.20. The van der Waals surface area contributed by atoms with Crippen molar-refractivity contribution in [3.05, 3.63) is 59.7 Å². The normalized spacial score (nSPS) is 20.2. The van der Waals surface area contributed by atoms with Crippen LogP contribution in [0.2, 0.25) is 0 Å². The highest BCUT2D eigenvalue weighted by Crippen LogP contribution is 2.44. The zero-order valence-electron chi connectivity index (χ0n) is 19.7. The van der Waals surface area contributed by atoms with Gasteiger partial charge in [0.2, 0.25) is 5.91 Å². The van der Waals surface area contributed by atoms with Gasteiger partial charge in [0.1, 0.15) is 12.6 Å². The van der Waals surface area contributed by atoms with E-state index in [9.17, 15) is 19.5 Å². The lowest BCUT2D eigenvalue weighted by Crippen LogP contribution is -2.53. The third-order valence-electron chi connectivity index (χ3n) is 7.10. The zero-order chi connectivity index (χ0) is 24.2. The SMILES string of the molecule is CCCC(NC(=O)OCC1c2ccccc2-c2ccccc21)C(=O)N1CCC(C)C(C(=O)O)C1. The van der Waals surface area contributed by atoms with Crippen molar-refractivity contribution in [1.82, 2.24) is 10.2 Å². The van der Waals surface area contributed by atoms with Crippen LogP contribution in [0.15, 0.2) is 48.5 Å². The number of nitrogens with zero attached hydrogens (tertiary/aromatic N) is 1. The first-order valence-electron chi connectivity index (χ1n) is 12.0. The Labute approximate surface area is 200 Å². The zero-order valence-corrected chi connectivity index (χ0v) is 19.7. The second-order valence-corrected chi connectivity index (χ2v) is 9.31. The first-order chi connectivity index (χ1) is 16.4. The number of fused-ring (bicyclic) bond motifs is 3. The Bertz CT molecular complexity index is 1020. The van der Waals surface area contributed by atoms with E-state index in [0.29, 0.717) is 25.8 Å². The Hall–Kier alpha value is -3.35. The number of hydrogen-bond donors (Lipinski definition) is 2. The maximum Gasteiger partial charge on any atom is 0.407 e. The number of benzene rings is 2. The van der Waals surface area contributed by atoms with Crippen molar-refractivity contribution >= 4 is 18.0 Å². The summed E-state index contributed by atoms with van der Waals surface area (Å²) in [7, 11) is 0. The molecule has 0 saturated carbocycles. The van der Waals surface area contributed by atoms with Crippen LogP contribution in [0, 0.1) is 11.8 Å². The molecule has 34 heavy (non-hydrogen) atoms. The van der Waals surface area contributed by atoms with Crippen molar-refractivity contribution < 1.29 is 24.2 Å². The Balaban J connectivity index is 1.40. The average Bonchev–Trinajstić information content (AvgIpc) is 3.16. The molecule has 180 valence electrons. The lowest BCUT2D eigenvalue weighted by atomic mass is 9.87. The molecular formula is C27H32N2O5. The van der Waals surface area contributed by atoms with E-state index in [1.807, 2.05) is 38.1 Å². The average molecular weight is 465 g/mol. The fourth-order valence-corrected chi connectivity index (χ4v) is 5.14. The molecule has 4 rings (SSSR count). The molecule has 2 amide bonds. The van der Waals surface area contributed by atoms with E-state index < -0.39 is 24.0 Å². The first-order valence-corrected chi connectivity index (χ1v) is 12.0. The van der Waals surface area contributed by atoms with Crippen molar-refractivity contribution in [2.24, 2.45) is 11.8 Å². The van der Waals surface area contributed by atoms with Gasteiger partial charge >= 0.3 is 12.1 Å². The number of aliphatic carboxylic acids is 1. The smallest absolute Gasteiger partial charge is 0.407 e. The van der Waals surface area contributed by atoms with Gasteiger partial charge in [-0.2, -0.15) is 0 Å². The molecular weight excluding hydrogens is 432 g/mol. The van der Waals surface area contributed by atoms with Crippen LogP contribution in [0.1, 0.15) is 50.2 Å². The largest absolute Gasteiger partial charge is 0.481 e. The van der Waals surface area contributed by atoms with Crippen molar-refractivity contribution in [2.75, 3.05) is 19.7 Å². The number of amides is 2. The van der Waals surface area contributed by atoms with Crippen LogP contribution < -0.4 is 5.32 Å². The summed E-state index contributed by atoms with van der Waals surface area (Å²) in [4.78, 5) is 39.0. The highest BCUT2D eigenvalue weighted by atomic mass is 16.5. The van der Waals surface area contributed by atoms with Gasteiger partial charge in [-0.15, -0.1) is 0 Å². The second-order valence-electron chi connectivity index (χ2n) is 9.31. The van der Waals surface area contributed by atoms with Crippen molar-refractivity contribution in [3.8, 4) is 11.1 Å². The van der Waals surface area contributed by atoms with Crippen molar-refractivity contribution in [3.63, 3.8) is 0 Å². The number of carbonyl (C=O) groups excluding carboxylic acids is 2. The summed E-state index contributed by atoms with van der Waals surface area (Å²) >= 11 is 0. The summed E-state index contributed by atoms with van der Waals surface area (Å²) in [6.45, 7) is 4.69. The summed E-state index contributed by atoms with van der Waals surface area (Å²) in [6, 6.07) is 15.5. The number of carbonyl (C=O) groups is 3. The van der Waals surface area contributed by atoms with Crippen LogP contribution in [-0.4, -0.2) is 53.7 Å². The number of piperidine rings is 1. The number of rotatable bonds is 7. The third-order valence-corrected chi connectivity index (χ3v) is 7.10. The second kappa shape index (κ2) is 10.3. The highest BCUT2D eigenvalue weighted by Gasteiger charge is 2.36. The number of alkyl carbamates (subject to hydrolysis) is 1. The van der Waals surface area contributed by atoms with Crippen LogP contribution in [0.4, 0.5) is 4.79 Å². The summed E-state index contributed by atoms with van der Waals surface area (Å²) in [6.07, 6.45) is 1.17. The van der Waals surface area contributed by atoms with Gasteiger partial charge < -0.3 is 20.1 Å². The molecule has 2 aromatic rings. The van der Waals surface area contributed by atoms with Gasteiger partial charge in [0.15, 0.2) is 0 Å². The first kappa shape index (κ1) is 23.8. The Morgan fingerprint density at radius 3 is 2.29 bits per heavy atom. The number of likely N-dealkylation sites (tertiary alicyclic amines) is 1. The van der Waals surface area contributed by atoms with Gasteiger partial charge in [-0.3, -0.25) is 9.59 Å². The number of hydrogen-bond acceptors (Lipinski definition) is 4. The predicted octanol–water partition coefficient (Wildman–Crippen LogP) is 4.26. The lowest BCUT2D eigenvalue weighted by Gasteiger charge is -2.36. The summed E-state index contributed by atoms with van der Waals surface area (Å²) in [5, 5.41) is 12.2. The van der Waals surface area contributed by atoms with Gasteiger partial charge in [-0.05, 0) is 41.0 Å². The van der Waals surface area contributed by atoms with E-state index in [1.165, 1.54) is 0 Å². The summed E-state index contributed by atoms with van der Waals surface area (Å²) in [5.74, 6) is -1.76. The Morgan fingerprint density at radius 1 is 1.09 bits per heavy atom. The molecule has 0 radical (unpaired) electrons. The van der Waals surface area contributed by atoms with E-state index >= 15 is 0 Å². The molecule has 7 heteroatoms. The molecule has 2 aliphatic rings. The van der Waals surface area contributed by atoms with Crippen LogP contribution in [-0.2, 0) is 14.3 Å². The fourth-order valence-electron chi connectivity index (χ4n) is 5.14. The number of carboxylic acid groups (broad SMARTS) is 1. The summed E-state index contributed by atoms with van der Waals surface area (Å²) in [5.41, 5.74) is 4.55. The van der Waals surface area contributed by atoms with E-state index in [0.717, 1.165) is 22.3 Å². The minimum atomic E-state index is -0.887. The van der Waals surface area contributed by atoms with Crippen LogP contribution in [0.3, 0.4) is 0 Å². The highest BCUT2D eigenvalue weighted by molar-refractivity contribution is 5.86. The lowest BCUT2D eigenvalue weighted by molar-refractivity contribution is -0.148. The Morgan fingerprint density at radius 2 is 1.71 bits per heavy atom. The fraction of sp³-hybridized carbons (Fsp3) is 0.444. The van der Waals surface area contributed by atoms with Gasteiger partial charge in [0, 0.05) is 19.0 Å². The standard InChI is InChI=1S/C27H32N2O5/c1-3-8-24(25(30)29-14-13-17(2)22(15-29)26(31)32)28-27(33)34-16-23-20-11-6-4-9-18(20)19-10-5-7-12-21(19)23/h4-7,9-12,17,22-24H,3,8,13-16H2,1-2H3,(H,28,33)(H,31,32). The summed E-state index contributed by atoms with van der Waals surface area (Å²) < 4.78 is 5.62. The molecule has 7 nitrogen and oxygen atoms in total. The monoisotopic (exact) mass is 464 g/mol. The number of ether oxygens (including phenoxy) is 1. The molecule has 2 aromatic carbocycles. The number of nitrogens with one attached hydrogen (secondary N) is 1. The van der Waals surface area contributed by atoms with Gasteiger partial charge in [0.05, 0.1) is 5.92 Å². The number of carboxylic acids is 1. The predicted molar refractivity (Wildman–Crippen MR) is 128 cm³/mol. The molecule has 2 N–H and O–H groups in total. The molecule has 0 spiro atoms. The van der Waals surface area contributed by atoms with Crippen molar-refractivity contribution in [2.45, 2.75) is 45.1 Å². The van der Waals surface area contributed by atoms with Crippen LogP contribution >= 0.6 is 0 Å². The molecule has 0 aromatic heterocycles. The minimum Gasteiger partial charge on any atom is -0.481 e. The quantitative estimate of drug-likeness (QED) is 0.638. The molecule has 3 unspecified atom stereocenters. The van der Waals surface area contributed by atoms with E-state index in [2.05, 4.69) is 29.6 Å². The molecule has 1 aliphatic heterocycles. The van der Waals surface area contributed by atoms with Crippen LogP contribution in [0.25, 0.3) is 11.1 Å². The molecule has 3 atom stereocenters. The van der Waals surface area contributed by atoms with Gasteiger partial charge in [-0.25, -0.2) is 4.79 Å². The third kappa shape index (κ3) is 4.79. The van der Waals surface area contributed by atoms with Gasteiger partial charge in [-0.1, -0.05) is 68.8 Å². The molecule has 0 bridgehead atoms. The van der Waals surface area contributed by atoms with Crippen molar-refractivity contribution in [1.29, 1.82) is 0 Å². The van der Waals surface area contributed by atoms with Crippen LogP contribution in [0.5, 0.6) is 0 Å². The molecule has 1 heterocycles. The van der Waals surface area contributed by atoms with E-state index in [-0.39, 0.29) is 30.9 Å². The molecule has 1 fully saturated rings. The molecule has 1 aliphatic carbocycles.